The number of hydrogen-bond donors (Lipinski definition) is 1. The number of benzene rings is 1. The monoisotopic (exact) mass is 332 g/mol. The molecule has 0 unspecified atom stereocenters. The average Bonchev–Trinajstić information content (AvgIpc) is 2.39. The van der Waals surface area contributed by atoms with Gasteiger partial charge in [-0.2, -0.15) is 4.31 Å². The van der Waals surface area contributed by atoms with Gasteiger partial charge < -0.3 is 5.32 Å². The van der Waals surface area contributed by atoms with Crippen LogP contribution in [0.15, 0.2) is 24.3 Å². The number of carbonyl (C=O) groups excluding carboxylic acids is 1. The summed E-state index contributed by atoms with van der Waals surface area (Å²) in [6, 6.07) is 6.99. The fourth-order valence-electron chi connectivity index (χ4n) is 1.73. The van der Waals surface area contributed by atoms with Crippen LogP contribution in [0.1, 0.15) is 25.3 Å². The van der Waals surface area contributed by atoms with Crippen molar-refractivity contribution in [1.29, 1.82) is 0 Å². The van der Waals surface area contributed by atoms with Gasteiger partial charge in [-0.3, -0.25) is 4.79 Å². The molecule has 1 aromatic carbocycles. The maximum atomic E-state index is 11.8. The summed E-state index contributed by atoms with van der Waals surface area (Å²) in [6.07, 6.45) is 2.92. The van der Waals surface area contributed by atoms with Crippen LogP contribution < -0.4 is 5.32 Å². The Hall–Kier alpha value is -1.11. The number of unbranched alkanes of at least 4 members (excludes halogenated alkanes) is 1. The Labute approximate surface area is 131 Å². The van der Waals surface area contributed by atoms with Gasteiger partial charge in [0.05, 0.1) is 12.8 Å². The number of nitrogens with one attached hydrogen (secondary N) is 1. The highest BCUT2D eigenvalue weighted by molar-refractivity contribution is 7.88. The third-order valence-electron chi connectivity index (χ3n) is 2.95. The Bertz CT molecular complexity index is 575. The second-order valence-corrected chi connectivity index (χ2v) is 7.22. The summed E-state index contributed by atoms with van der Waals surface area (Å²) in [7, 11) is -3.49. The minimum atomic E-state index is -3.49. The Balaban J connectivity index is 2.74. The first-order valence-electron chi connectivity index (χ1n) is 6.79. The molecule has 5 nitrogen and oxygen atoms in total. The van der Waals surface area contributed by atoms with Crippen molar-refractivity contribution in [3.05, 3.63) is 34.9 Å². The number of sulfonamides is 1. The van der Waals surface area contributed by atoms with Crippen molar-refractivity contribution in [2.24, 2.45) is 0 Å². The number of nitrogens with zero attached hydrogens (tertiary/aromatic N) is 1. The first-order valence-corrected chi connectivity index (χ1v) is 9.02. The van der Waals surface area contributed by atoms with Crippen molar-refractivity contribution in [3.63, 3.8) is 0 Å². The number of hydrogen-bond acceptors (Lipinski definition) is 3. The van der Waals surface area contributed by atoms with E-state index in [1.165, 1.54) is 0 Å². The highest BCUT2D eigenvalue weighted by Gasteiger charge is 2.21. The summed E-state index contributed by atoms with van der Waals surface area (Å²) >= 11 is 6.04. The zero-order valence-corrected chi connectivity index (χ0v) is 13.9. The van der Waals surface area contributed by atoms with E-state index in [1.54, 1.807) is 24.3 Å². The molecule has 0 aromatic heterocycles. The van der Waals surface area contributed by atoms with Crippen molar-refractivity contribution in [2.45, 2.75) is 26.3 Å². The van der Waals surface area contributed by atoms with Crippen LogP contribution in [0.5, 0.6) is 0 Å². The second-order valence-electron chi connectivity index (χ2n) is 4.83. The molecule has 0 aliphatic heterocycles. The van der Waals surface area contributed by atoms with Gasteiger partial charge >= 0.3 is 0 Å². The summed E-state index contributed by atoms with van der Waals surface area (Å²) in [5.41, 5.74) is 0.672. The zero-order chi connectivity index (χ0) is 15.9. The van der Waals surface area contributed by atoms with Gasteiger partial charge in [-0.1, -0.05) is 43.1 Å². The molecule has 0 heterocycles. The summed E-state index contributed by atoms with van der Waals surface area (Å²) in [6.45, 7) is 2.46. The van der Waals surface area contributed by atoms with Crippen molar-refractivity contribution < 1.29 is 13.2 Å². The minimum absolute atomic E-state index is 0.0830. The maximum Gasteiger partial charge on any atom is 0.235 e. The highest BCUT2D eigenvalue weighted by atomic mass is 35.5. The third kappa shape index (κ3) is 6.46. The maximum absolute atomic E-state index is 11.8. The topological polar surface area (TPSA) is 66.5 Å². The van der Waals surface area contributed by atoms with Gasteiger partial charge in [0, 0.05) is 18.1 Å². The fraction of sp³-hybridized carbons (Fsp3) is 0.500. The van der Waals surface area contributed by atoms with Gasteiger partial charge in [0.15, 0.2) is 0 Å². The Kier molecular flexibility index (Phi) is 7.14. The van der Waals surface area contributed by atoms with Gasteiger partial charge in [-0.15, -0.1) is 0 Å². The average molecular weight is 333 g/mol. The Morgan fingerprint density at radius 1 is 1.33 bits per heavy atom. The highest BCUT2D eigenvalue weighted by Crippen LogP contribution is 2.18. The molecule has 0 aliphatic rings. The summed E-state index contributed by atoms with van der Waals surface area (Å²) in [4.78, 5) is 11.8. The van der Waals surface area contributed by atoms with Gasteiger partial charge in [-0.05, 0) is 18.1 Å². The molecule has 0 saturated carbocycles. The van der Waals surface area contributed by atoms with E-state index in [-0.39, 0.29) is 19.0 Å². The molecule has 1 amide bonds. The number of halogens is 1. The Morgan fingerprint density at radius 3 is 2.57 bits per heavy atom. The molecule has 1 N–H and O–H groups in total. The van der Waals surface area contributed by atoms with Gasteiger partial charge in [0.25, 0.3) is 0 Å². The number of amides is 1. The summed E-state index contributed by atoms with van der Waals surface area (Å²) in [5, 5.41) is 3.19. The van der Waals surface area contributed by atoms with Crippen molar-refractivity contribution in [2.75, 3.05) is 19.3 Å². The van der Waals surface area contributed by atoms with E-state index >= 15 is 0 Å². The number of rotatable bonds is 8. The van der Waals surface area contributed by atoms with Crippen LogP contribution >= 0.6 is 11.6 Å². The van der Waals surface area contributed by atoms with Crippen molar-refractivity contribution in [1.82, 2.24) is 9.62 Å². The molecule has 0 aliphatic carbocycles. The van der Waals surface area contributed by atoms with Crippen molar-refractivity contribution >= 4 is 27.5 Å². The molecule has 1 rings (SSSR count). The largest absolute Gasteiger partial charge is 0.355 e. The van der Waals surface area contributed by atoms with E-state index in [2.05, 4.69) is 5.32 Å². The SMILES string of the molecule is CCCCNC(=O)CN(Cc1ccccc1Cl)S(C)(=O)=O. The van der Waals surface area contributed by atoms with E-state index < -0.39 is 10.0 Å². The molecule has 7 heteroatoms. The van der Waals surface area contributed by atoms with E-state index in [0.717, 1.165) is 23.4 Å². The second kappa shape index (κ2) is 8.36. The molecule has 0 radical (unpaired) electrons. The predicted molar refractivity (Wildman–Crippen MR) is 84.6 cm³/mol. The van der Waals surface area contributed by atoms with Gasteiger partial charge in [0.1, 0.15) is 0 Å². The number of carbonyl (C=O) groups is 1. The summed E-state index contributed by atoms with van der Waals surface area (Å²) in [5.74, 6) is -0.305. The van der Waals surface area contributed by atoms with Crippen LogP contribution in [0.2, 0.25) is 5.02 Å². The van der Waals surface area contributed by atoms with E-state index in [4.69, 9.17) is 11.6 Å². The normalized spacial score (nSPS) is 11.6. The van der Waals surface area contributed by atoms with Crippen LogP contribution in [0.25, 0.3) is 0 Å². The molecule has 1 aromatic rings. The molecule has 0 spiro atoms. The molecule has 0 bridgehead atoms. The third-order valence-corrected chi connectivity index (χ3v) is 4.51. The Morgan fingerprint density at radius 2 is 2.00 bits per heavy atom. The lowest BCUT2D eigenvalue weighted by molar-refractivity contribution is -0.121. The first-order chi connectivity index (χ1) is 9.84. The molecule has 0 atom stereocenters. The molecule has 0 saturated heterocycles. The van der Waals surface area contributed by atoms with Crippen LogP contribution in [0.3, 0.4) is 0 Å². The summed E-state index contributed by atoms with van der Waals surface area (Å²) < 4.78 is 24.8. The van der Waals surface area contributed by atoms with Crippen LogP contribution in [0.4, 0.5) is 0 Å². The molecular formula is C14H21ClN2O3S. The van der Waals surface area contributed by atoms with Crippen molar-refractivity contribution in [3.8, 4) is 0 Å². The quantitative estimate of drug-likeness (QED) is 0.741. The van der Waals surface area contributed by atoms with Crippen LogP contribution in [-0.2, 0) is 21.4 Å². The lowest BCUT2D eigenvalue weighted by Crippen LogP contribution is -2.40. The van der Waals surface area contributed by atoms with Crippen LogP contribution in [0, 0.1) is 0 Å². The van der Waals surface area contributed by atoms with E-state index in [1.807, 2.05) is 6.92 Å². The lowest BCUT2D eigenvalue weighted by atomic mass is 10.2. The molecular weight excluding hydrogens is 312 g/mol. The predicted octanol–water partition coefficient (Wildman–Crippen LogP) is 2.02. The molecule has 0 fully saturated rings. The van der Waals surface area contributed by atoms with Crippen LogP contribution in [-0.4, -0.2) is 38.0 Å². The molecule has 118 valence electrons. The molecule has 21 heavy (non-hydrogen) atoms. The first kappa shape index (κ1) is 17.9. The smallest absolute Gasteiger partial charge is 0.235 e. The van der Waals surface area contributed by atoms with Gasteiger partial charge in [-0.25, -0.2) is 8.42 Å². The van der Waals surface area contributed by atoms with E-state index in [9.17, 15) is 13.2 Å². The minimum Gasteiger partial charge on any atom is -0.355 e. The van der Waals surface area contributed by atoms with E-state index in [0.29, 0.717) is 17.1 Å². The fourth-order valence-corrected chi connectivity index (χ4v) is 2.65. The van der Waals surface area contributed by atoms with Gasteiger partial charge in [0.2, 0.25) is 15.9 Å². The standard InChI is InChI=1S/C14H21ClN2O3S/c1-3-4-9-16-14(18)11-17(21(2,19)20)10-12-7-5-6-8-13(12)15/h5-8H,3-4,9-11H2,1-2H3,(H,16,18). The lowest BCUT2D eigenvalue weighted by Gasteiger charge is -2.20. The zero-order valence-electron chi connectivity index (χ0n) is 12.3.